The second kappa shape index (κ2) is 5.62. The number of aromatic nitrogens is 1. The van der Waals surface area contributed by atoms with Crippen molar-refractivity contribution in [2.75, 3.05) is 5.43 Å². The molecule has 2 rings (SSSR count). The van der Waals surface area contributed by atoms with Crippen LogP contribution in [0, 0.1) is 13.8 Å². The van der Waals surface area contributed by atoms with Crippen molar-refractivity contribution in [1.29, 1.82) is 0 Å². The van der Waals surface area contributed by atoms with Crippen LogP contribution >= 0.6 is 11.3 Å². The van der Waals surface area contributed by atoms with Crippen molar-refractivity contribution in [3.05, 3.63) is 46.0 Å². The van der Waals surface area contributed by atoms with Gasteiger partial charge in [-0.05, 0) is 19.9 Å². The molecule has 3 nitrogen and oxygen atoms in total. The van der Waals surface area contributed by atoms with Gasteiger partial charge in [-0.3, -0.25) is 5.43 Å². The Hall–Kier alpha value is -1.89. The lowest BCUT2D eigenvalue weighted by molar-refractivity contribution is -0.137. The lowest BCUT2D eigenvalue weighted by atomic mass is 10.1. The highest BCUT2D eigenvalue weighted by Crippen LogP contribution is 2.31. The summed E-state index contributed by atoms with van der Waals surface area (Å²) in [5.74, 6) is 0. The molecule has 0 aliphatic heterocycles. The van der Waals surface area contributed by atoms with Gasteiger partial charge in [0.2, 0.25) is 5.13 Å². The Morgan fingerprint density at radius 3 is 2.55 bits per heavy atom. The molecule has 0 saturated carbocycles. The average Bonchev–Trinajstić information content (AvgIpc) is 2.68. The number of hydrogen-bond donors (Lipinski definition) is 1. The van der Waals surface area contributed by atoms with E-state index in [-0.39, 0.29) is 5.56 Å². The molecule has 0 saturated heterocycles. The summed E-state index contributed by atoms with van der Waals surface area (Å²) in [6.45, 7) is 3.78. The van der Waals surface area contributed by atoms with Gasteiger partial charge < -0.3 is 0 Å². The molecule has 1 N–H and O–H groups in total. The first kappa shape index (κ1) is 14.5. The summed E-state index contributed by atoms with van der Waals surface area (Å²) >= 11 is 1.40. The molecule has 0 amide bonds. The Labute approximate surface area is 118 Å². The number of anilines is 1. The number of aryl methyl sites for hydroxylation is 2. The van der Waals surface area contributed by atoms with Gasteiger partial charge in [-0.1, -0.05) is 18.2 Å². The third-order valence-electron chi connectivity index (χ3n) is 2.66. The van der Waals surface area contributed by atoms with Crippen molar-refractivity contribution >= 4 is 22.7 Å². The van der Waals surface area contributed by atoms with Crippen LogP contribution in [0.25, 0.3) is 0 Å². The van der Waals surface area contributed by atoms with Gasteiger partial charge in [0, 0.05) is 10.4 Å². The van der Waals surface area contributed by atoms with E-state index >= 15 is 0 Å². The SMILES string of the molecule is Cc1nc(N/N=C\c2ccccc2C(F)(F)F)sc1C. The average molecular weight is 299 g/mol. The van der Waals surface area contributed by atoms with Crippen LogP contribution in [0.5, 0.6) is 0 Å². The molecule has 0 aliphatic carbocycles. The summed E-state index contributed by atoms with van der Waals surface area (Å²) in [5, 5.41) is 4.37. The summed E-state index contributed by atoms with van der Waals surface area (Å²) in [6, 6.07) is 5.28. The number of hydrogen-bond acceptors (Lipinski definition) is 4. The highest BCUT2D eigenvalue weighted by Gasteiger charge is 2.32. The van der Waals surface area contributed by atoms with Crippen molar-refractivity contribution in [3.8, 4) is 0 Å². The molecule has 0 aliphatic rings. The van der Waals surface area contributed by atoms with Gasteiger partial charge >= 0.3 is 6.18 Å². The second-order valence-corrected chi connectivity index (χ2v) is 5.32. The molecule has 1 aromatic carbocycles. The largest absolute Gasteiger partial charge is 0.417 e. The first-order chi connectivity index (χ1) is 9.38. The monoisotopic (exact) mass is 299 g/mol. The van der Waals surface area contributed by atoms with Crippen molar-refractivity contribution in [2.24, 2.45) is 5.10 Å². The quantitative estimate of drug-likeness (QED) is 0.680. The van der Waals surface area contributed by atoms with Crippen LogP contribution in [0.4, 0.5) is 18.3 Å². The summed E-state index contributed by atoms with van der Waals surface area (Å²) in [5.41, 5.74) is 2.82. The van der Waals surface area contributed by atoms with E-state index in [0.29, 0.717) is 5.13 Å². The van der Waals surface area contributed by atoms with E-state index in [1.807, 2.05) is 13.8 Å². The third-order valence-corrected chi connectivity index (χ3v) is 3.64. The fraction of sp³-hybridized carbons (Fsp3) is 0.231. The highest BCUT2D eigenvalue weighted by atomic mass is 32.1. The van der Waals surface area contributed by atoms with Crippen LogP contribution in [-0.4, -0.2) is 11.2 Å². The first-order valence-electron chi connectivity index (χ1n) is 5.77. The summed E-state index contributed by atoms with van der Waals surface area (Å²) in [6.07, 6.45) is -3.24. The molecule has 20 heavy (non-hydrogen) atoms. The molecule has 0 radical (unpaired) electrons. The van der Waals surface area contributed by atoms with E-state index in [4.69, 9.17) is 0 Å². The van der Waals surface area contributed by atoms with Gasteiger partial charge in [0.05, 0.1) is 17.5 Å². The summed E-state index contributed by atoms with van der Waals surface area (Å²) in [7, 11) is 0. The summed E-state index contributed by atoms with van der Waals surface area (Å²) < 4.78 is 38.3. The van der Waals surface area contributed by atoms with Crippen LogP contribution < -0.4 is 5.43 Å². The Morgan fingerprint density at radius 2 is 1.95 bits per heavy atom. The van der Waals surface area contributed by atoms with Crippen LogP contribution in [0.1, 0.15) is 21.7 Å². The second-order valence-electron chi connectivity index (χ2n) is 4.12. The van der Waals surface area contributed by atoms with Crippen molar-refractivity contribution < 1.29 is 13.2 Å². The van der Waals surface area contributed by atoms with Crippen LogP contribution in [-0.2, 0) is 6.18 Å². The van der Waals surface area contributed by atoms with Crippen LogP contribution in [0.15, 0.2) is 29.4 Å². The van der Waals surface area contributed by atoms with Gasteiger partial charge in [0.25, 0.3) is 0 Å². The zero-order valence-electron chi connectivity index (χ0n) is 10.8. The predicted octanol–water partition coefficient (Wildman–Crippen LogP) is 4.22. The van der Waals surface area contributed by atoms with Gasteiger partial charge in [0.15, 0.2) is 0 Å². The van der Waals surface area contributed by atoms with Gasteiger partial charge in [-0.25, -0.2) is 4.98 Å². The molecular weight excluding hydrogens is 287 g/mol. The number of nitrogens with zero attached hydrogens (tertiary/aromatic N) is 2. The fourth-order valence-electron chi connectivity index (χ4n) is 1.55. The highest BCUT2D eigenvalue weighted by molar-refractivity contribution is 7.15. The topological polar surface area (TPSA) is 37.3 Å². The maximum atomic E-state index is 12.8. The maximum Gasteiger partial charge on any atom is 0.417 e. The van der Waals surface area contributed by atoms with Crippen LogP contribution in [0.3, 0.4) is 0 Å². The molecule has 0 fully saturated rings. The number of hydrazone groups is 1. The van der Waals surface area contributed by atoms with Gasteiger partial charge in [-0.2, -0.15) is 18.3 Å². The Morgan fingerprint density at radius 1 is 1.25 bits per heavy atom. The molecule has 0 atom stereocenters. The van der Waals surface area contributed by atoms with E-state index in [0.717, 1.165) is 22.9 Å². The minimum absolute atomic E-state index is 0.0116. The molecule has 0 bridgehead atoms. The third kappa shape index (κ3) is 3.36. The number of nitrogens with one attached hydrogen (secondary N) is 1. The van der Waals surface area contributed by atoms with E-state index in [1.165, 1.54) is 29.5 Å². The number of thiazole rings is 1. The molecule has 1 heterocycles. The molecule has 0 unspecified atom stereocenters. The fourth-order valence-corrected chi connectivity index (χ4v) is 2.31. The lowest BCUT2D eigenvalue weighted by Gasteiger charge is -2.08. The van der Waals surface area contributed by atoms with Crippen molar-refractivity contribution in [1.82, 2.24) is 4.98 Å². The zero-order valence-corrected chi connectivity index (χ0v) is 11.6. The zero-order chi connectivity index (χ0) is 14.8. The minimum atomic E-state index is -4.39. The number of halogens is 3. The molecule has 106 valence electrons. The van der Waals surface area contributed by atoms with Crippen LogP contribution in [0.2, 0.25) is 0 Å². The normalized spacial score (nSPS) is 12.1. The van der Waals surface area contributed by atoms with E-state index in [2.05, 4.69) is 15.5 Å². The van der Waals surface area contributed by atoms with Gasteiger partial charge in [-0.15, -0.1) is 11.3 Å². The lowest BCUT2D eigenvalue weighted by Crippen LogP contribution is -2.08. The minimum Gasteiger partial charge on any atom is -0.253 e. The van der Waals surface area contributed by atoms with Gasteiger partial charge in [0.1, 0.15) is 0 Å². The number of benzene rings is 1. The van der Waals surface area contributed by atoms with E-state index in [1.54, 1.807) is 0 Å². The van der Waals surface area contributed by atoms with Crippen molar-refractivity contribution in [3.63, 3.8) is 0 Å². The number of rotatable bonds is 3. The maximum absolute atomic E-state index is 12.8. The molecule has 7 heteroatoms. The molecule has 1 aromatic heterocycles. The standard InChI is InChI=1S/C13H12F3N3S/c1-8-9(2)20-12(18-8)19-17-7-10-5-3-4-6-11(10)13(14,15)16/h3-7H,1-2H3,(H,18,19)/b17-7-. The predicted molar refractivity (Wildman–Crippen MR) is 74.2 cm³/mol. The van der Waals surface area contributed by atoms with Crippen molar-refractivity contribution in [2.45, 2.75) is 20.0 Å². The molecular formula is C13H12F3N3S. The Kier molecular flexibility index (Phi) is 4.08. The first-order valence-corrected chi connectivity index (χ1v) is 6.59. The van der Waals surface area contributed by atoms with E-state index < -0.39 is 11.7 Å². The Bertz CT molecular complexity index is 613. The number of alkyl halides is 3. The Balaban J connectivity index is 2.16. The molecule has 2 aromatic rings. The summed E-state index contributed by atoms with van der Waals surface area (Å²) in [4.78, 5) is 5.22. The van der Waals surface area contributed by atoms with E-state index in [9.17, 15) is 13.2 Å². The molecule has 0 spiro atoms. The smallest absolute Gasteiger partial charge is 0.253 e.